The van der Waals surface area contributed by atoms with E-state index in [-0.39, 0.29) is 11.7 Å². The molecule has 0 spiro atoms. The Bertz CT molecular complexity index is 1210. The fourth-order valence-corrected chi connectivity index (χ4v) is 3.42. The Balaban J connectivity index is 1.51. The van der Waals surface area contributed by atoms with Gasteiger partial charge in [-0.2, -0.15) is 5.10 Å². The number of aromatic nitrogens is 5. The summed E-state index contributed by atoms with van der Waals surface area (Å²) >= 11 is 0. The van der Waals surface area contributed by atoms with Crippen molar-refractivity contribution >= 4 is 5.91 Å². The van der Waals surface area contributed by atoms with Crippen molar-refractivity contribution in [2.24, 2.45) is 0 Å². The van der Waals surface area contributed by atoms with Crippen LogP contribution in [-0.2, 0) is 6.54 Å². The largest absolute Gasteiger partial charge is 0.337 e. The van der Waals surface area contributed by atoms with E-state index in [1.807, 2.05) is 44.3 Å². The lowest BCUT2D eigenvalue weighted by molar-refractivity contribution is 0.0758. The first-order valence-electron chi connectivity index (χ1n) is 10.4. The number of amides is 1. The van der Waals surface area contributed by atoms with Crippen LogP contribution in [0.3, 0.4) is 0 Å². The average molecular weight is 430 g/mol. The standard InChI is InChI=1S/C24H23FN6O/c1-3-30(13-14-31-12-9-22(29-31)21-8-6-18(25)16-28-21)24(32)20-15-17(2)5-7-19(20)23-26-10-4-11-27-23/h4-12,15-16H,3,13-14H2,1-2H3. The molecule has 0 aliphatic carbocycles. The molecule has 3 heterocycles. The summed E-state index contributed by atoms with van der Waals surface area (Å²) in [6.45, 7) is 5.45. The molecule has 0 fully saturated rings. The van der Waals surface area contributed by atoms with E-state index < -0.39 is 0 Å². The second-order valence-electron chi connectivity index (χ2n) is 7.33. The number of benzene rings is 1. The van der Waals surface area contributed by atoms with E-state index in [1.165, 1.54) is 12.3 Å². The predicted molar refractivity (Wildman–Crippen MR) is 119 cm³/mol. The number of aryl methyl sites for hydroxylation is 1. The molecule has 8 heteroatoms. The van der Waals surface area contributed by atoms with Crippen molar-refractivity contribution in [2.75, 3.05) is 13.1 Å². The van der Waals surface area contributed by atoms with Crippen LogP contribution in [0, 0.1) is 12.7 Å². The molecule has 4 rings (SSSR count). The van der Waals surface area contributed by atoms with E-state index in [1.54, 1.807) is 34.1 Å². The third-order valence-electron chi connectivity index (χ3n) is 5.11. The average Bonchev–Trinajstić information content (AvgIpc) is 3.29. The number of pyridine rings is 1. The monoisotopic (exact) mass is 430 g/mol. The molecule has 1 amide bonds. The molecule has 162 valence electrons. The lowest BCUT2D eigenvalue weighted by Gasteiger charge is -2.22. The fourth-order valence-electron chi connectivity index (χ4n) is 3.42. The van der Waals surface area contributed by atoms with E-state index in [0.29, 0.717) is 48.0 Å². The Labute approximate surface area is 185 Å². The maximum atomic E-state index is 13.4. The minimum Gasteiger partial charge on any atom is -0.337 e. The summed E-state index contributed by atoms with van der Waals surface area (Å²) in [4.78, 5) is 27.9. The quantitative estimate of drug-likeness (QED) is 0.443. The van der Waals surface area contributed by atoms with Gasteiger partial charge in [0.05, 0.1) is 24.0 Å². The first kappa shape index (κ1) is 21.3. The molecule has 0 saturated carbocycles. The number of carbonyl (C=O) groups is 1. The van der Waals surface area contributed by atoms with E-state index >= 15 is 0 Å². The molecule has 7 nitrogen and oxygen atoms in total. The summed E-state index contributed by atoms with van der Waals surface area (Å²) in [5.74, 6) is 0.0587. The molecule has 0 bridgehead atoms. The van der Waals surface area contributed by atoms with Gasteiger partial charge in [-0.05, 0) is 44.2 Å². The fraction of sp³-hybridized carbons (Fsp3) is 0.208. The van der Waals surface area contributed by atoms with Gasteiger partial charge in [-0.15, -0.1) is 0 Å². The number of hydrogen-bond acceptors (Lipinski definition) is 5. The third kappa shape index (κ3) is 4.69. The molecule has 0 radical (unpaired) electrons. The van der Waals surface area contributed by atoms with Gasteiger partial charge in [-0.1, -0.05) is 17.7 Å². The Kier molecular flexibility index (Phi) is 6.30. The SMILES string of the molecule is CCN(CCn1ccc(-c2ccc(F)cn2)n1)C(=O)c1cc(C)ccc1-c1ncccn1. The first-order chi connectivity index (χ1) is 15.5. The minimum atomic E-state index is -0.387. The Morgan fingerprint density at radius 1 is 1.06 bits per heavy atom. The molecular weight excluding hydrogens is 407 g/mol. The molecule has 4 aromatic rings. The van der Waals surface area contributed by atoms with Gasteiger partial charge in [0.1, 0.15) is 11.5 Å². The van der Waals surface area contributed by atoms with Crippen molar-refractivity contribution in [3.05, 3.63) is 84.2 Å². The van der Waals surface area contributed by atoms with E-state index in [2.05, 4.69) is 20.1 Å². The Morgan fingerprint density at radius 2 is 1.88 bits per heavy atom. The van der Waals surface area contributed by atoms with Gasteiger partial charge in [0.15, 0.2) is 5.82 Å². The summed E-state index contributed by atoms with van der Waals surface area (Å²) in [5.41, 5.74) is 3.54. The zero-order valence-corrected chi connectivity index (χ0v) is 17.9. The zero-order valence-electron chi connectivity index (χ0n) is 17.9. The van der Waals surface area contributed by atoms with Crippen LogP contribution >= 0.6 is 0 Å². The van der Waals surface area contributed by atoms with Crippen molar-refractivity contribution in [3.8, 4) is 22.8 Å². The summed E-state index contributed by atoms with van der Waals surface area (Å²) in [6.07, 6.45) is 6.33. The van der Waals surface area contributed by atoms with Crippen LogP contribution < -0.4 is 0 Å². The lowest BCUT2D eigenvalue weighted by Crippen LogP contribution is -2.34. The van der Waals surface area contributed by atoms with Crippen molar-refractivity contribution in [1.29, 1.82) is 0 Å². The number of halogens is 1. The molecule has 0 aliphatic rings. The molecule has 0 unspecified atom stereocenters. The summed E-state index contributed by atoms with van der Waals surface area (Å²) in [7, 11) is 0. The normalized spacial score (nSPS) is 10.8. The number of rotatable bonds is 7. The molecule has 0 N–H and O–H groups in total. The number of nitrogens with zero attached hydrogens (tertiary/aromatic N) is 6. The van der Waals surface area contributed by atoms with Crippen LogP contribution in [0.2, 0.25) is 0 Å². The minimum absolute atomic E-state index is 0.0776. The second kappa shape index (κ2) is 9.47. The Morgan fingerprint density at radius 3 is 2.59 bits per heavy atom. The van der Waals surface area contributed by atoms with Crippen molar-refractivity contribution < 1.29 is 9.18 Å². The van der Waals surface area contributed by atoms with Gasteiger partial charge in [0.2, 0.25) is 0 Å². The van der Waals surface area contributed by atoms with Gasteiger partial charge < -0.3 is 4.90 Å². The Hall–Kier alpha value is -3.94. The smallest absolute Gasteiger partial charge is 0.254 e. The topological polar surface area (TPSA) is 76.8 Å². The maximum absolute atomic E-state index is 13.4. The number of hydrogen-bond donors (Lipinski definition) is 0. The second-order valence-corrected chi connectivity index (χ2v) is 7.33. The molecule has 1 aromatic carbocycles. The maximum Gasteiger partial charge on any atom is 0.254 e. The molecule has 0 saturated heterocycles. The first-order valence-corrected chi connectivity index (χ1v) is 10.4. The van der Waals surface area contributed by atoms with Gasteiger partial charge in [0, 0.05) is 37.2 Å². The highest BCUT2D eigenvalue weighted by molar-refractivity contribution is 6.00. The van der Waals surface area contributed by atoms with Gasteiger partial charge >= 0.3 is 0 Å². The van der Waals surface area contributed by atoms with E-state index in [4.69, 9.17) is 0 Å². The molecular formula is C24H23FN6O. The molecule has 3 aromatic heterocycles. The van der Waals surface area contributed by atoms with Gasteiger partial charge in [-0.25, -0.2) is 14.4 Å². The highest BCUT2D eigenvalue weighted by Crippen LogP contribution is 2.23. The highest BCUT2D eigenvalue weighted by Gasteiger charge is 2.20. The summed E-state index contributed by atoms with van der Waals surface area (Å²) < 4.78 is 14.9. The highest BCUT2D eigenvalue weighted by atomic mass is 19.1. The van der Waals surface area contributed by atoms with Gasteiger partial charge in [-0.3, -0.25) is 14.5 Å². The molecule has 0 atom stereocenters. The van der Waals surface area contributed by atoms with Crippen molar-refractivity contribution in [1.82, 2.24) is 29.6 Å². The predicted octanol–water partition coefficient (Wildman–Crippen LogP) is 4.01. The summed E-state index contributed by atoms with van der Waals surface area (Å²) in [6, 6.07) is 12.2. The molecule has 0 aliphatic heterocycles. The van der Waals surface area contributed by atoms with Crippen molar-refractivity contribution in [2.45, 2.75) is 20.4 Å². The zero-order chi connectivity index (χ0) is 22.5. The van der Waals surface area contributed by atoms with E-state index in [9.17, 15) is 9.18 Å². The third-order valence-corrected chi connectivity index (χ3v) is 5.11. The van der Waals surface area contributed by atoms with Crippen LogP contribution in [-0.4, -0.2) is 48.6 Å². The lowest BCUT2D eigenvalue weighted by atomic mass is 10.0. The number of carbonyl (C=O) groups excluding carboxylic acids is 1. The number of likely N-dealkylation sites (N-methyl/N-ethyl adjacent to an activating group) is 1. The van der Waals surface area contributed by atoms with Crippen LogP contribution in [0.25, 0.3) is 22.8 Å². The van der Waals surface area contributed by atoms with Crippen LogP contribution in [0.1, 0.15) is 22.8 Å². The summed E-state index contributed by atoms with van der Waals surface area (Å²) in [5, 5.41) is 4.50. The van der Waals surface area contributed by atoms with E-state index in [0.717, 1.165) is 5.56 Å². The van der Waals surface area contributed by atoms with Gasteiger partial charge in [0.25, 0.3) is 5.91 Å². The van der Waals surface area contributed by atoms with Crippen molar-refractivity contribution in [3.63, 3.8) is 0 Å². The van der Waals surface area contributed by atoms with Crippen LogP contribution in [0.15, 0.2) is 67.3 Å². The van der Waals surface area contributed by atoms with Crippen LogP contribution in [0.5, 0.6) is 0 Å². The van der Waals surface area contributed by atoms with Crippen LogP contribution in [0.4, 0.5) is 4.39 Å². The molecule has 32 heavy (non-hydrogen) atoms.